The lowest BCUT2D eigenvalue weighted by molar-refractivity contribution is 0.0964. The molecule has 0 amide bonds. The van der Waals surface area contributed by atoms with Crippen molar-refractivity contribution in [3.05, 3.63) is 46.3 Å². The summed E-state index contributed by atoms with van der Waals surface area (Å²) in [4.78, 5) is 15.1. The molecule has 0 radical (unpaired) electrons. The topological polar surface area (TPSA) is 65.8 Å². The minimum Gasteiger partial charge on any atom is -0.294 e. The standard InChI is InChI=1S/C15H19N3O/c16-18-17-15(10-5-2-6-11-15)12-9-14(19)13-7-3-1-4-8-13/h1,3-4,7-8H,2,5-6,9-12H2. The van der Waals surface area contributed by atoms with Gasteiger partial charge in [-0.15, -0.1) is 0 Å². The van der Waals surface area contributed by atoms with Crippen LogP contribution < -0.4 is 0 Å². The molecule has 0 aliphatic heterocycles. The van der Waals surface area contributed by atoms with Crippen molar-refractivity contribution < 1.29 is 4.79 Å². The number of rotatable bonds is 5. The Bertz CT molecular complexity index is 471. The summed E-state index contributed by atoms with van der Waals surface area (Å²) in [5, 5.41) is 4.01. The highest BCUT2D eigenvalue weighted by Gasteiger charge is 2.31. The highest BCUT2D eigenvalue weighted by molar-refractivity contribution is 5.96. The Labute approximate surface area is 113 Å². The first-order valence-electron chi connectivity index (χ1n) is 6.90. The highest BCUT2D eigenvalue weighted by atomic mass is 16.1. The molecule has 1 fully saturated rings. The van der Waals surface area contributed by atoms with E-state index in [9.17, 15) is 4.79 Å². The fraction of sp³-hybridized carbons (Fsp3) is 0.533. The quantitative estimate of drug-likeness (QED) is 0.327. The molecule has 1 aliphatic rings. The third kappa shape index (κ3) is 3.58. The molecular weight excluding hydrogens is 238 g/mol. The molecule has 0 atom stereocenters. The predicted molar refractivity (Wildman–Crippen MR) is 75.0 cm³/mol. The number of benzene rings is 1. The molecule has 1 aromatic rings. The Morgan fingerprint density at radius 1 is 1.21 bits per heavy atom. The van der Waals surface area contributed by atoms with Gasteiger partial charge in [0.05, 0.1) is 0 Å². The predicted octanol–water partition coefficient (Wildman–Crippen LogP) is 4.66. The highest BCUT2D eigenvalue weighted by Crippen LogP contribution is 2.36. The Balaban J connectivity index is 1.99. The van der Waals surface area contributed by atoms with E-state index in [2.05, 4.69) is 10.0 Å². The zero-order valence-corrected chi connectivity index (χ0v) is 11.1. The van der Waals surface area contributed by atoms with Crippen molar-refractivity contribution in [2.75, 3.05) is 0 Å². The summed E-state index contributed by atoms with van der Waals surface area (Å²) in [6.45, 7) is 0. The first kappa shape index (κ1) is 13.6. The fourth-order valence-electron chi connectivity index (χ4n) is 2.82. The normalized spacial score (nSPS) is 17.5. The van der Waals surface area contributed by atoms with Crippen molar-refractivity contribution >= 4 is 5.78 Å². The van der Waals surface area contributed by atoms with Gasteiger partial charge in [-0.2, -0.15) is 0 Å². The molecule has 0 heterocycles. The van der Waals surface area contributed by atoms with E-state index >= 15 is 0 Å². The van der Waals surface area contributed by atoms with Crippen molar-refractivity contribution in [3.63, 3.8) is 0 Å². The van der Waals surface area contributed by atoms with Gasteiger partial charge >= 0.3 is 0 Å². The minimum absolute atomic E-state index is 0.138. The number of azide groups is 1. The number of nitrogens with zero attached hydrogens (tertiary/aromatic N) is 3. The fourth-order valence-corrected chi connectivity index (χ4v) is 2.82. The van der Waals surface area contributed by atoms with Crippen molar-refractivity contribution in [3.8, 4) is 0 Å². The van der Waals surface area contributed by atoms with Crippen LogP contribution in [0, 0.1) is 0 Å². The molecule has 0 spiro atoms. The molecule has 0 N–H and O–H groups in total. The molecule has 1 aliphatic carbocycles. The third-order valence-corrected chi connectivity index (χ3v) is 3.95. The van der Waals surface area contributed by atoms with Gasteiger partial charge in [0.15, 0.2) is 5.78 Å². The van der Waals surface area contributed by atoms with Crippen LogP contribution in [0.15, 0.2) is 35.4 Å². The molecule has 0 aromatic heterocycles. The van der Waals surface area contributed by atoms with E-state index in [1.54, 1.807) is 0 Å². The Kier molecular flexibility index (Phi) is 4.58. The lowest BCUT2D eigenvalue weighted by atomic mass is 9.78. The van der Waals surface area contributed by atoms with Crippen LogP contribution in [0.3, 0.4) is 0 Å². The molecule has 4 heteroatoms. The summed E-state index contributed by atoms with van der Waals surface area (Å²) in [6, 6.07) is 9.32. The summed E-state index contributed by atoms with van der Waals surface area (Å²) in [6.07, 6.45) is 6.36. The molecule has 0 bridgehead atoms. The van der Waals surface area contributed by atoms with Gasteiger partial charge in [-0.25, -0.2) is 0 Å². The summed E-state index contributed by atoms with van der Waals surface area (Å²) < 4.78 is 0. The average Bonchev–Trinajstić information content (AvgIpc) is 2.47. The van der Waals surface area contributed by atoms with Gasteiger partial charge in [-0.3, -0.25) is 4.79 Å². The maximum Gasteiger partial charge on any atom is 0.162 e. The number of hydrogen-bond acceptors (Lipinski definition) is 2. The van der Waals surface area contributed by atoms with Crippen molar-refractivity contribution in [2.24, 2.45) is 5.11 Å². The molecule has 0 saturated heterocycles. The summed E-state index contributed by atoms with van der Waals surface area (Å²) in [5.41, 5.74) is 9.16. The first-order valence-corrected chi connectivity index (χ1v) is 6.90. The van der Waals surface area contributed by atoms with Gasteiger partial charge in [0, 0.05) is 22.4 Å². The maximum atomic E-state index is 12.1. The van der Waals surface area contributed by atoms with Gasteiger partial charge in [0.25, 0.3) is 0 Å². The van der Waals surface area contributed by atoms with E-state index in [4.69, 9.17) is 5.53 Å². The van der Waals surface area contributed by atoms with Crippen LogP contribution in [0.25, 0.3) is 10.4 Å². The van der Waals surface area contributed by atoms with E-state index in [1.165, 1.54) is 6.42 Å². The number of ketones is 1. The largest absolute Gasteiger partial charge is 0.294 e. The molecule has 4 nitrogen and oxygen atoms in total. The minimum atomic E-state index is -0.322. The molecular formula is C15H19N3O. The summed E-state index contributed by atoms with van der Waals surface area (Å²) in [7, 11) is 0. The van der Waals surface area contributed by atoms with Crippen molar-refractivity contribution in [1.82, 2.24) is 0 Å². The SMILES string of the molecule is [N-]=[N+]=NC1(CCC(=O)c2ccccc2)CCCCC1. The zero-order valence-electron chi connectivity index (χ0n) is 11.1. The van der Waals surface area contributed by atoms with Gasteiger partial charge in [-0.1, -0.05) is 54.7 Å². The summed E-state index contributed by atoms with van der Waals surface area (Å²) >= 11 is 0. The molecule has 100 valence electrons. The van der Waals surface area contributed by atoms with Crippen LogP contribution in [0.1, 0.15) is 55.3 Å². The molecule has 1 aromatic carbocycles. The molecule has 1 saturated carbocycles. The van der Waals surface area contributed by atoms with Crippen LogP contribution in [-0.2, 0) is 0 Å². The first-order chi connectivity index (χ1) is 9.26. The van der Waals surface area contributed by atoms with Crippen molar-refractivity contribution in [1.29, 1.82) is 0 Å². The van der Waals surface area contributed by atoms with Crippen LogP contribution >= 0.6 is 0 Å². The van der Waals surface area contributed by atoms with Crippen LogP contribution in [-0.4, -0.2) is 11.3 Å². The number of carbonyl (C=O) groups is 1. The van der Waals surface area contributed by atoms with E-state index in [1.807, 2.05) is 30.3 Å². The second kappa shape index (κ2) is 6.39. The summed E-state index contributed by atoms with van der Waals surface area (Å²) in [5.74, 6) is 0.138. The van der Waals surface area contributed by atoms with Crippen LogP contribution in [0.4, 0.5) is 0 Å². The Hall–Kier alpha value is -1.80. The number of carbonyl (C=O) groups excluding carboxylic acids is 1. The molecule has 0 unspecified atom stereocenters. The van der Waals surface area contributed by atoms with Crippen LogP contribution in [0.5, 0.6) is 0 Å². The van der Waals surface area contributed by atoms with Gasteiger partial charge in [-0.05, 0) is 24.8 Å². The lowest BCUT2D eigenvalue weighted by Crippen LogP contribution is -2.29. The maximum absolute atomic E-state index is 12.1. The number of hydrogen-bond donors (Lipinski definition) is 0. The van der Waals surface area contributed by atoms with E-state index in [0.717, 1.165) is 31.2 Å². The zero-order chi connectivity index (χ0) is 13.6. The van der Waals surface area contributed by atoms with E-state index in [-0.39, 0.29) is 11.3 Å². The monoisotopic (exact) mass is 257 g/mol. The van der Waals surface area contributed by atoms with E-state index in [0.29, 0.717) is 12.8 Å². The second-order valence-corrected chi connectivity index (χ2v) is 5.26. The number of Topliss-reactive ketones (excluding diaryl/α,β-unsaturated/α-hetero) is 1. The average molecular weight is 257 g/mol. The van der Waals surface area contributed by atoms with Gasteiger partial charge in [0.2, 0.25) is 0 Å². The second-order valence-electron chi connectivity index (χ2n) is 5.26. The molecule has 19 heavy (non-hydrogen) atoms. The van der Waals surface area contributed by atoms with Crippen molar-refractivity contribution in [2.45, 2.75) is 50.5 Å². The van der Waals surface area contributed by atoms with E-state index < -0.39 is 0 Å². The Morgan fingerprint density at radius 2 is 1.89 bits per heavy atom. The smallest absolute Gasteiger partial charge is 0.162 e. The third-order valence-electron chi connectivity index (χ3n) is 3.95. The lowest BCUT2D eigenvalue weighted by Gasteiger charge is -2.32. The van der Waals surface area contributed by atoms with Gasteiger partial charge < -0.3 is 0 Å². The Morgan fingerprint density at radius 3 is 2.53 bits per heavy atom. The molecule has 2 rings (SSSR count). The van der Waals surface area contributed by atoms with Gasteiger partial charge in [0.1, 0.15) is 0 Å². The van der Waals surface area contributed by atoms with Crippen LogP contribution in [0.2, 0.25) is 0 Å².